The van der Waals surface area contributed by atoms with Crippen molar-refractivity contribution >= 4 is 11.4 Å². The molecule has 0 aliphatic carbocycles. The summed E-state index contributed by atoms with van der Waals surface area (Å²) in [4.78, 5) is 13.3. The van der Waals surface area contributed by atoms with Crippen LogP contribution in [0.2, 0.25) is 0 Å². The third-order valence-corrected chi connectivity index (χ3v) is 3.64. The summed E-state index contributed by atoms with van der Waals surface area (Å²) in [5.74, 6) is 0.434. The van der Waals surface area contributed by atoms with Crippen LogP contribution in [0.25, 0.3) is 0 Å². The summed E-state index contributed by atoms with van der Waals surface area (Å²) in [6.07, 6.45) is -1.11. The van der Waals surface area contributed by atoms with Gasteiger partial charge in [-0.15, -0.1) is 0 Å². The SMILES string of the molecule is O=[N+]([O-])c1cnc(C(F)(F)F)cc1NCCC1CCCNC1. The summed E-state index contributed by atoms with van der Waals surface area (Å²) in [5, 5.41) is 16.9. The molecule has 2 rings (SSSR count). The Kier molecular flexibility index (Phi) is 5.17. The largest absolute Gasteiger partial charge is 0.433 e. The number of nitrogens with zero attached hydrogens (tertiary/aromatic N) is 2. The van der Waals surface area contributed by atoms with Crippen LogP contribution in [-0.2, 0) is 6.18 Å². The standard InChI is InChI=1S/C13H17F3N4O2/c14-13(15,16)12-6-10(11(8-19-12)20(21)22)18-5-3-9-2-1-4-17-7-9/h6,8-9,17H,1-5,7H2,(H,18,19). The van der Waals surface area contributed by atoms with Crippen LogP contribution in [0.4, 0.5) is 24.5 Å². The lowest BCUT2D eigenvalue weighted by molar-refractivity contribution is -0.384. The number of hydrogen-bond donors (Lipinski definition) is 2. The Balaban J connectivity index is 2.04. The highest BCUT2D eigenvalue weighted by Crippen LogP contribution is 2.33. The van der Waals surface area contributed by atoms with Crippen LogP contribution in [0.5, 0.6) is 0 Å². The van der Waals surface area contributed by atoms with Gasteiger partial charge in [-0.25, -0.2) is 4.98 Å². The van der Waals surface area contributed by atoms with Crippen LogP contribution in [0.15, 0.2) is 12.3 Å². The second-order valence-corrected chi connectivity index (χ2v) is 5.27. The Labute approximate surface area is 125 Å². The maximum Gasteiger partial charge on any atom is 0.433 e. The Morgan fingerprint density at radius 1 is 1.50 bits per heavy atom. The van der Waals surface area contributed by atoms with E-state index in [0.717, 1.165) is 32.4 Å². The van der Waals surface area contributed by atoms with E-state index in [2.05, 4.69) is 15.6 Å². The Morgan fingerprint density at radius 2 is 2.27 bits per heavy atom. The van der Waals surface area contributed by atoms with Crippen LogP contribution in [0, 0.1) is 16.0 Å². The summed E-state index contributed by atoms with van der Waals surface area (Å²) in [7, 11) is 0. The molecule has 0 aromatic carbocycles. The van der Waals surface area contributed by atoms with Gasteiger partial charge in [0.2, 0.25) is 0 Å². The number of hydrogen-bond acceptors (Lipinski definition) is 5. The molecule has 1 aliphatic rings. The zero-order valence-electron chi connectivity index (χ0n) is 11.8. The first-order valence-electron chi connectivity index (χ1n) is 7.04. The third kappa shape index (κ3) is 4.30. The second-order valence-electron chi connectivity index (χ2n) is 5.27. The average molecular weight is 318 g/mol. The lowest BCUT2D eigenvalue weighted by Crippen LogP contribution is -2.30. The average Bonchev–Trinajstić information content (AvgIpc) is 2.47. The molecular formula is C13H17F3N4O2. The van der Waals surface area contributed by atoms with Crippen molar-refractivity contribution < 1.29 is 18.1 Å². The van der Waals surface area contributed by atoms with Crippen molar-refractivity contribution in [1.82, 2.24) is 10.3 Å². The molecule has 0 bridgehead atoms. The van der Waals surface area contributed by atoms with Gasteiger partial charge in [-0.3, -0.25) is 10.1 Å². The first-order valence-corrected chi connectivity index (χ1v) is 7.04. The van der Waals surface area contributed by atoms with E-state index in [1.54, 1.807) is 0 Å². The molecule has 0 amide bonds. The Bertz CT molecular complexity index is 531. The molecule has 22 heavy (non-hydrogen) atoms. The van der Waals surface area contributed by atoms with E-state index in [0.29, 0.717) is 24.7 Å². The highest BCUT2D eigenvalue weighted by molar-refractivity contribution is 5.61. The van der Waals surface area contributed by atoms with Crippen LogP contribution in [0.3, 0.4) is 0 Å². The van der Waals surface area contributed by atoms with Crippen molar-refractivity contribution in [2.45, 2.75) is 25.4 Å². The van der Waals surface area contributed by atoms with Crippen molar-refractivity contribution in [3.63, 3.8) is 0 Å². The first-order chi connectivity index (χ1) is 10.4. The maximum absolute atomic E-state index is 12.6. The van der Waals surface area contributed by atoms with E-state index < -0.39 is 22.5 Å². The van der Waals surface area contributed by atoms with Gasteiger partial charge in [0.05, 0.1) is 4.92 Å². The van der Waals surface area contributed by atoms with Gasteiger partial charge >= 0.3 is 11.9 Å². The van der Waals surface area contributed by atoms with Gasteiger partial charge in [-0.1, -0.05) is 0 Å². The molecule has 9 heteroatoms. The maximum atomic E-state index is 12.6. The summed E-state index contributed by atoms with van der Waals surface area (Å²) in [6.45, 7) is 2.23. The van der Waals surface area contributed by atoms with E-state index in [9.17, 15) is 23.3 Å². The molecule has 0 radical (unpaired) electrons. The van der Waals surface area contributed by atoms with E-state index in [-0.39, 0.29) is 5.69 Å². The van der Waals surface area contributed by atoms with Gasteiger partial charge in [0, 0.05) is 6.54 Å². The topological polar surface area (TPSA) is 80.1 Å². The summed E-state index contributed by atoms with van der Waals surface area (Å²) < 4.78 is 37.9. The number of anilines is 1. The van der Waals surface area contributed by atoms with Crippen LogP contribution in [-0.4, -0.2) is 29.5 Å². The van der Waals surface area contributed by atoms with Crippen molar-refractivity contribution in [1.29, 1.82) is 0 Å². The minimum Gasteiger partial charge on any atom is -0.379 e. The fourth-order valence-corrected chi connectivity index (χ4v) is 2.47. The molecule has 1 saturated heterocycles. The number of nitro groups is 1. The minimum atomic E-state index is -4.63. The van der Waals surface area contributed by atoms with E-state index in [1.165, 1.54) is 0 Å². The quantitative estimate of drug-likeness (QED) is 0.644. The zero-order valence-corrected chi connectivity index (χ0v) is 11.8. The fraction of sp³-hybridized carbons (Fsp3) is 0.615. The smallest absolute Gasteiger partial charge is 0.379 e. The second kappa shape index (κ2) is 6.91. The van der Waals surface area contributed by atoms with Gasteiger partial charge < -0.3 is 10.6 Å². The number of piperidine rings is 1. The van der Waals surface area contributed by atoms with Gasteiger partial charge in [-0.2, -0.15) is 13.2 Å². The number of alkyl halides is 3. The van der Waals surface area contributed by atoms with Gasteiger partial charge in [0.25, 0.3) is 0 Å². The fourth-order valence-electron chi connectivity index (χ4n) is 2.47. The monoisotopic (exact) mass is 318 g/mol. The highest BCUT2D eigenvalue weighted by atomic mass is 19.4. The molecule has 1 atom stereocenters. The predicted molar refractivity (Wildman–Crippen MR) is 74.6 cm³/mol. The van der Waals surface area contributed by atoms with E-state index in [1.807, 2.05) is 0 Å². The molecule has 122 valence electrons. The van der Waals surface area contributed by atoms with Crippen molar-refractivity contribution in [3.05, 3.63) is 28.1 Å². The molecule has 1 fully saturated rings. The normalized spacial score (nSPS) is 19.0. The molecule has 6 nitrogen and oxygen atoms in total. The van der Waals surface area contributed by atoms with Gasteiger partial charge in [-0.05, 0) is 44.3 Å². The molecule has 2 N–H and O–H groups in total. The van der Waals surface area contributed by atoms with Gasteiger partial charge in [0.1, 0.15) is 17.6 Å². The number of halogens is 3. The van der Waals surface area contributed by atoms with Crippen molar-refractivity contribution in [2.75, 3.05) is 25.0 Å². The molecular weight excluding hydrogens is 301 g/mol. The van der Waals surface area contributed by atoms with Crippen LogP contribution in [0.1, 0.15) is 25.0 Å². The van der Waals surface area contributed by atoms with E-state index >= 15 is 0 Å². The third-order valence-electron chi connectivity index (χ3n) is 3.64. The van der Waals surface area contributed by atoms with E-state index in [4.69, 9.17) is 0 Å². The van der Waals surface area contributed by atoms with Crippen LogP contribution < -0.4 is 10.6 Å². The molecule has 0 spiro atoms. The number of aromatic nitrogens is 1. The first kappa shape index (κ1) is 16.5. The summed E-state index contributed by atoms with van der Waals surface area (Å²) in [5.41, 5.74) is -1.73. The molecule has 1 aromatic heterocycles. The Morgan fingerprint density at radius 3 is 2.86 bits per heavy atom. The number of rotatable bonds is 5. The lowest BCUT2D eigenvalue weighted by atomic mass is 9.96. The summed E-state index contributed by atoms with van der Waals surface area (Å²) in [6, 6.07) is 0.692. The molecule has 2 heterocycles. The number of pyridine rings is 1. The lowest BCUT2D eigenvalue weighted by Gasteiger charge is -2.22. The predicted octanol–water partition coefficient (Wildman–Crippen LogP) is 2.81. The summed E-state index contributed by atoms with van der Waals surface area (Å²) >= 11 is 0. The van der Waals surface area contributed by atoms with Gasteiger partial charge in [0.15, 0.2) is 0 Å². The Hall–Kier alpha value is -1.90. The van der Waals surface area contributed by atoms with Crippen molar-refractivity contribution in [3.8, 4) is 0 Å². The van der Waals surface area contributed by atoms with Crippen molar-refractivity contribution in [2.24, 2.45) is 5.92 Å². The zero-order chi connectivity index (χ0) is 16.2. The number of nitrogens with one attached hydrogen (secondary N) is 2. The minimum absolute atomic E-state index is 0.143. The molecule has 0 saturated carbocycles. The van der Waals surface area contributed by atoms with Crippen LogP contribution >= 0.6 is 0 Å². The highest BCUT2D eigenvalue weighted by Gasteiger charge is 2.34. The molecule has 1 aliphatic heterocycles. The molecule has 1 unspecified atom stereocenters. The molecule has 1 aromatic rings.